The first-order valence-electron chi connectivity index (χ1n) is 5.07. The van der Waals surface area contributed by atoms with Crippen LogP contribution in [0.15, 0.2) is 22.9 Å². The summed E-state index contributed by atoms with van der Waals surface area (Å²) in [5, 5.41) is 0. The summed E-state index contributed by atoms with van der Waals surface area (Å²) in [5.74, 6) is 1.91. The number of Topliss-reactive ketones (excluding diaryl/α,β-unsaturated/α-hetero) is 1. The average molecular weight is 302 g/mol. The van der Waals surface area contributed by atoms with E-state index in [0.717, 1.165) is 21.5 Å². The van der Waals surface area contributed by atoms with Crippen LogP contribution in [0.3, 0.4) is 0 Å². The Hall–Kier alpha value is -0.390. The molecule has 0 saturated carbocycles. The molecule has 5 heteroatoms. The molecular weight excluding hydrogens is 290 g/mol. The number of hydrogen-bond acceptors (Lipinski definition) is 4. The second kappa shape index (κ2) is 5.80. The molecule has 1 aliphatic rings. The number of aromatic nitrogens is 1. The Morgan fingerprint density at radius 1 is 1.62 bits per heavy atom. The Kier molecular flexibility index (Phi) is 4.37. The van der Waals surface area contributed by atoms with Gasteiger partial charge in [0.05, 0.1) is 6.61 Å². The van der Waals surface area contributed by atoms with Crippen molar-refractivity contribution in [2.24, 2.45) is 0 Å². The van der Waals surface area contributed by atoms with Gasteiger partial charge in [0.15, 0.2) is 5.78 Å². The van der Waals surface area contributed by atoms with Gasteiger partial charge < -0.3 is 4.74 Å². The third kappa shape index (κ3) is 3.30. The van der Waals surface area contributed by atoms with Crippen molar-refractivity contribution in [3.05, 3.63) is 28.5 Å². The second-order valence-corrected chi connectivity index (χ2v) is 5.65. The monoisotopic (exact) mass is 301 g/mol. The van der Waals surface area contributed by atoms with Crippen LogP contribution in [-0.4, -0.2) is 35.0 Å². The number of halogens is 1. The Bertz CT molecular complexity index is 380. The molecule has 0 aliphatic carbocycles. The zero-order valence-electron chi connectivity index (χ0n) is 8.69. The lowest BCUT2D eigenvalue weighted by molar-refractivity contribution is -0.128. The Morgan fingerprint density at radius 3 is 3.19 bits per heavy atom. The molecule has 1 aliphatic heterocycles. The Balaban J connectivity index is 1.96. The fraction of sp³-hybridized carbons (Fsp3) is 0.455. The number of thioether (sulfide) groups is 1. The first-order valence-corrected chi connectivity index (χ1v) is 7.02. The van der Waals surface area contributed by atoms with Crippen LogP contribution in [-0.2, 0) is 16.0 Å². The summed E-state index contributed by atoms with van der Waals surface area (Å²) in [7, 11) is 0. The van der Waals surface area contributed by atoms with E-state index in [1.807, 2.05) is 6.07 Å². The topological polar surface area (TPSA) is 39.2 Å². The van der Waals surface area contributed by atoms with Crippen molar-refractivity contribution in [2.75, 3.05) is 18.1 Å². The van der Waals surface area contributed by atoms with Gasteiger partial charge in [-0.2, -0.15) is 11.8 Å². The minimum atomic E-state index is -0.238. The van der Waals surface area contributed by atoms with Gasteiger partial charge in [-0.25, -0.2) is 0 Å². The maximum absolute atomic E-state index is 11.9. The van der Waals surface area contributed by atoms with Crippen molar-refractivity contribution in [1.82, 2.24) is 4.98 Å². The van der Waals surface area contributed by atoms with E-state index in [4.69, 9.17) is 4.74 Å². The lowest BCUT2D eigenvalue weighted by Crippen LogP contribution is -2.32. The summed E-state index contributed by atoms with van der Waals surface area (Å²) in [5.41, 5.74) is 0.929. The van der Waals surface area contributed by atoms with Crippen molar-refractivity contribution < 1.29 is 9.53 Å². The summed E-state index contributed by atoms with van der Waals surface area (Å²) in [6.45, 7) is 0.678. The quantitative estimate of drug-likeness (QED) is 0.857. The van der Waals surface area contributed by atoms with Crippen LogP contribution >= 0.6 is 27.7 Å². The molecule has 1 unspecified atom stereocenters. The van der Waals surface area contributed by atoms with Crippen molar-refractivity contribution in [3.8, 4) is 0 Å². The maximum Gasteiger partial charge on any atom is 0.166 e. The number of pyridine rings is 1. The zero-order valence-corrected chi connectivity index (χ0v) is 11.1. The van der Waals surface area contributed by atoms with E-state index in [0.29, 0.717) is 13.0 Å². The standard InChI is InChI=1S/C11H12BrNO2S/c12-9-3-8(5-13-6-9)4-10(14)11-7-16-2-1-15-11/h3,5-6,11H,1-2,4,7H2. The predicted octanol–water partition coefficient (Wildman–Crippen LogP) is 2.09. The van der Waals surface area contributed by atoms with Crippen molar-refractivity contribution in [2.45, 2.75) is 12.5 Å². The molecule has 16 heavy (non-hydrogen) atoms. The summed E-state index contributed by atoms with van der Waals surface area (Å²) < 4.78 is 6.34. The summed E-state index contributed by atoms with van der Waals surface area (Å²) in [4.78, 5) is 15.9. The van der Waals surface area contributed by atoms with Gasteiger partial charge in [-0.05, 0) is 27.6 Å². The molecule has 2 heterocycles. The van der Waals surface area contributed by atoms with Crippen LogP contribution < -0.4 is 0 Å². The second-order valence-electron chi connectivity index (χ2n) is 3.59. The number of ketones is 1. The minimum absolute atomic E-state index is 0.145. The van der Waals surface area contributed by atoms with E-state index in [1.165, 1.54) is 0 Å². The first kappa shape index (κ1) is 12.1. The fourth-order valence-electron chi connectivity index (χ4n) is 1.54. The van der Waals surface area contributed by atoms with Gasteiger partial charge in [0.1, 0.15) is 6.10 Å². The number of carbonyl (C=O) groups excluding carboxylic acids is 1. The predicted molar refractivity (Wildman–Crippen MR) is 67.7 cm³/mol. The lowest BCUT2D eigenvalue weighted by atomic mass is 10.1. The van der Waals surface area contributed by atoms with E-state index in [9.17, 15) is 4.79 Å². The minimum Gasteiger partial charge on any atom is -0.369 e. The van der Waals surface area contributed by atoms with Gasteiger partial charge in [0.25, 0.3) is 0 Å². The van der Waals surface area contributed by atoms with E-state index in [-0.39, 0.29) is 11.9 Å². The molecule has 0 spiro atoms. The fourth-order valence-corrected chi connectivity index (χ4v) is 2.83. The van der Waals surface area contributed by atoms with Crippen molar-refractivity contribution in [3.63, 3.8) is 0 Å². The molecule has 86 valence electrons. The van der Waals surface area contributed by atoms with Gasteiger partial charge in [-0.3, -0.25) is 9.78 Å². The number of hydrogen-bond donors (Lipinski definition) is 0. The highest BCUT2D eigenvalue weighted by atomic mass is 79.9. The molecule has 2 rings (SSSR count). The normalized spacial score (nSPS) is 20.7. The highest BCUT2D eigenvalue weighted by molar-refractivity contribution is 9.10. The Morgan fingerprint density at radius 2 is 2.50 bits per heavy atom. The average Bonchev–Trinajstić information content (AvgIpc) is 2.30. The third-order valence-electron chi connectivity index (χ3n) is 2.31. The van der Waals surface area contributed by atoms with Crippen LogP contribution in [0.4, 0.5) is 0 Å². The van der Waals surface area contributed by atoms with Crippen LogP contribution in [0.25, 0.3) is 0 Å². The molecule has 1 fully saturated rings. The van der Waals surface area contributed by atoms with Gasteiger partial charge in [0.2, 0.25) is 0 Å². The maximum atomic E-state index is 11.9. The summed E-state index contributed by atoms with van der Waals surface area (Å²) in [6, 6.07) is 1.92. The first-order chi connectivity index (χ1) is 7.75. The van der Waals surface area contributed by atoms with Crippen LogP contribution in [0, 0.1) is 0 Å². The molecule has 0 N–H and O–H groups in total. The van der Waals surface area contributed by atoms with Gasteiger partial charge in [-0.15, -0.1) is 0 Å². The molecule has 0 bridgehead atoms. The molecule has 0 radical (unpaired) electrons. The molecule has 0 amide bonds. The lowest BCUT2D eigenvalue weighted by Gasteiger charge is -2.20. The molecule has 1 saturated heterocycles. The molecule has 3 nitrogen and oxygen atoms in total. The van der Waals surface area contributed by atoms with Crippen molar-refractivity contribution >= 4 is 33.5 Å². The van der Waals surface area contributed by atoms with Gasteiger partial charge in [-0.1, -0.05) is 0 Å². The van der Waals surface area contributed by atoms with Gasteiger partial charge in [0, 0.05) is 34.8 Å². The summed E-state index contributed by atoms with van der Waals surface area (Å²) in [6.07, 6.45) is 3.59. The van der Waals surface area contributed by atoms with Crippen LogP contribution in [0.1, 0.15) is 5.56 Å². The highest BCUT2D eigenvalue weighted by Crippen LogP contribution is 2.16. The van der Waals surface area contributed by atoms with E-state index < -0.39 is 0 Å². The van der Waals surface area contributed by atoms with Crippen LogP contribution in [0.2, 0.25) is 0 Å². The summed E-state index contributed by atoms with van der Waals surface area (Å²) >= 11 is 5.11. The zero-order chi connectivity index (χ0) is 11.4. The number of carbonyl (C=O) groups is 1. The number of ether oxygens (including phenoxy) is 1. The molecular formula is C11H12BrNO2S. The number of rotatable bonds is 3. The SMILES string of the molecule is O=C(Cc1cncc(Br)c1)C1CSCCO1. The number of nitrogens with zero attached hydrogens (tertiary/aromatic N) is 1. The van der Waals surface area contributed by atoms with E-state index in [1.54, 1.807) is 24.2 Å². The molecule has 1 atom stereocenters. The van der Waals surface area contributed by atoms with Gasteiger partial charge >= 0.3 is 0 Å². The molecule has 1 aromatic heterocycles. The van der Waals surface area contributed by atoms with E-state index >= 15 is 0 Å². The molecule has 1 aromatic rings. The largest absolute Gasteiger partial charge is 0.369 e. The van der Waals surface area contributed by atoms with E-state index in [2.05, 4.69) is 20.9 Å². The Labute approximate surface area is 107 Å². The van der Waals surface area contributed by atoms with Crippen LogP contribution in [0.5, 0.6) is 0 Å². The van der Waals surface area contributed by atoms with Crippen molar-refractivity contribution in [1.29, 1.82) is 0 Å². The smallest absolute Gasteiger partial charge is 0.166 e. The highest BCUT2D eigenvalue weighted by Gasteiger charge is 2.22. The third-order valence-corrected chi connectivity index (χ3v) is 3.74. The molecule has 0 aromatic carbocycles.